The van der Waals surface area contributed by atoms with E-state index in [9.17, 15) is 4.79 Å². The summed E-state index contributed by atoms with van der Waals surface area (Å²) in [4.78, 5) is 11.7. The van der Waals surface area contributed by atoms with Gasteiger partial charge in [0.05, 0.1) is 10.6 Å². The van der Waals surface area contributed by atoms with Gasteiger partial charge in [0, 0.05) is 12.3 Å². The Morgan fingerprint density at radius 3 is 3.06 bits per heavy atom. The van der Waals surface area contributed by atoms with Crippen molar-refractivity contribution in [2.24, 2.45) is 0 Å². The van der Waals surface area contributed by atoms with Gasteiger partial charge in [0.25, 0.3) is 5.91 Å². The molecule has 88 valence electrons. The molecule has 0 spiro atoms. The number of carbonyl (C=O) groups excluding carboxylic acids is 1. The van der Waals surface area contributed by atoms with Crippen LogP contribution in [0.1, 0.15) is 18.4 Å². The fourth-order valence-electron chi connectivity index (χ4n) is 1.70. The molecule has 1 saturated heterocycles. The predicted octanol–water partition coefficient (Wildman–Crippen LogP) is 2.33. The maximum Gasteiger partial charge on any atom is 0.253 e. The quantitative estimate of drug-likeness (QED) is 0.876. The third-order valence-electron chi connectivity index (χ3n) is 2.58. The Bertz CT molecular complexity index is 476. The molecule has 1 aliphatic heterocycles. The second kappa shape index (κ2) is 5.17. The second-order valence-corrected chi connectivity index (χ2v) is 4.20. The molecule has 0 bridgehead atoms. The summed E-state index contributed by atoms with van der Waals surface area (Å²) in [6.07, 6.45) is 1.27. The number of rotatable bonds is 2. The molecule has 2 rings (SSSR count). The third-order valence-corrected chi connectivity index (χ3v) is 2.91. The third kappa shape index (κ3) is 2.76. The summed E-state index contributed by atoms with van der Waals surface area (Å²) in [5.74, 6) is -0.172. The topological polar surface area (TPSA) is 62.1 Å². The maximum atomic E-state index is 11.7. The zero-order valence-corrected chi connectivity index (χ0v) is 9.83. The lowest BCUT2D eigenvalue weighted by atomic mass is 10.2. The maximum absolute atomic E-state index is 11.7. The number of nitrogens with one attached hydrogen (secondary N) is 1. The molecule has 1 N–H and O–H groups in total. The summed E-state index contributed by atoms with van der Waals surface area (Å²) in [6, 6.07) is 6.77. The molecule has 1 aliphatic rings. The van der Waals surface area contributed by atoms with Crippen molar-refractivity contribution in [2.75, 3.05) is 11.9 Å². The van der Waals surface area contributed by atoms with Gasteiger partial charge in [-0.1, -0.05) is 11.6 Å². The van der Waals surface area contributed by atoms with Crippen LogP contribution in [0.2, 0.25) is 5.02 Å². The number of hydrogen-bond donors (Lipinski definition) is 1. The molecule has 5 heteroatoms. The monoisotopic (exact) mass is 250 g/mol. The molecular weight excluding hydrogens is 240 g/mol. The Balaban J connectivity index is 2.08. The fourth-order valence-corrected chi connectivity index (χ4v) is 1.86. The number of hydrogen-bond acceptors (Lipinski definition) is 3. The summed E-state index contributed by atoms with van der Waals surface area (Å²) in [5.41, 5.74) is 0.906. The van der Waals surface area contributed by atoms with Crippen molar-refractivity contribution in [3.05, 3.63) is 28.8 Å². The van der Waals surface area contributed by atoms with Crippen LogP contribution in [0.5, 0.6) is 0 Å². The number of benzene rings is 1. The van der Waals surface area contributed by atoms with Gasteiger partial charge in [-0.3, -0.25) is 4.79 Å². The van der Waals surface area contributed by atoms with Gasteiger partial charge in [-0.25, -0.2) is 0 Å². The van der Waals surface area contributed by atoms with Gasteiger partial charge < -0.3 is 10.1 Å². The van der Waals surface area contributed by atoms with Gasteiger partial charge in [0.1, 0.15) is 12.2 Å². The lowest BCUT2D eigenvalue weighted by Crippen LogP contribution is -2.26. The molecule has 17 heavy (non-hydrogen) atoms. The molecule has 1 aromatic rings. The van der Waals surface area contributed by atoms with Crippen molar-refractivity contribution in [2.45, 2.75) is 18.9 Å². The molecule has 4 nitrogen and oxygen atoms in total. The van der Waals surface area contributed by atoms with E-state index in [2.05, 4.69) is 5.32 Å². The molecule has 0 aromatic heterocycles. The molecule has 0 saturated carbocycles. The number of amides is 1. The van der Waals surface area contributed by atoms with Crippen LogP contribution < -0.4 is 5.32 Å². The highest BCUT2D eigenvalue weighted by Gasteiger charge is 2.23. The summed E-state index contributed by atoms with van der Waals surface area (Å²) in [5, 5.41) is 11.9. The van der Waals surface area contributed by atoms with Crippen molar-refractivity contribution in [1.29, 1.82) is 5.26 Å². The first-order chi connectivity index (χ1) is 8.20. The molecule has 1 atom stereocenters. The first-order valence-corrected chi connectivity index (χ1v) is 5.70. The van der Waals surface area contributed by atoms with Crippen LogP contribution in [0.3, 0.4) is 0 Å². The van der Waals surface area contributed by atoms with Crippen LogP contribution in [0.4, 0.5) is 5.69 Å². The number of nitriles is 1. The van der Waals surface area contributed by atoms with Gasteiger partial charge in [-0.15, -0.1) is 0 Å². The Hall–Kier alpha value is -1.57. The Morgan fingerprint density at radius 2 is 2.41 bits per heavy atom. The zero-order chi connectivity index (χ0) is 12.3. The van der Waals surface area contributed by atoms with Gasteiger partial charge in [0.2, 0.25) is 0 Å². The van der Waals surface area contributed by atoms with Crippen molar-refractivity contribution >= 4 is 23.2 Å². The Labute approximate surface area is 104 Å². The predicted molar refractivity (Wildman–Crippen MR) is 63.8 cm³/mol. The largest absolute Gasteiger partial charge is 0.368 e. The van der Waals surface area contributed by atoms with E-state index in [4.69, 9.17) is 21.6 Å². The van der Waals surface area contributed by atoms with Gasteiger partial charge in [-0.05, 0) is 31.0 Å². The molecule has 0 radical (unpaired) electrons. The highest BCUT2D eigenvalue weighted by Crippen LogP contribution is 2.21. The van der Waals surface area contributed by atoms with Crippen LogP contribution >= 0.6 is 11.6 Å². The second-order valence-electron chi connectivity index (χ2n) is 3.80. The number of nitrogens with zero attached hydrogens (tertiary/aromatic N) is 1. The smallest absolute Gasteiger partial charge is 0.253 e. The molecular formula is C12H11ClN2O2. The van der Waals surface area contributed by atoms with E-state index in [1.54, 1.807) is 18.2 Å². The first-order valence-electron chi connectivity index (χ1n) is 5.33. The molecule has 0 unspecified atom stereocenters. The minimum absolute atomic E-state index is 0.172. The van der Waals surface area contributed by atoms with Crippen LogP contribution in [-0.2, 0) is 9.53 Å². The molecule has 1 amide bonds. The average Bonchev–Trinajstić information content (AvgIpc) is 2.85. The van der Waals surface area contributed by atoms with Gasteiger partial charge in [0.15, 0.2) is 0 Å². The number of halogens is 1. The Kier molecular flexibility index (Phi) is 3.62. The summed E-state index contributed by atoms with van der Waals surface area (Å²) in [6.45, 7) is 0.627. The summed E-state index contributed by atoms with van der Waals surface area (Å²) in [7, 11) is 0. The fraction of sp³-hybridized carbons (Fsp3) is 0.333. The minimum atomic E-state index is -0.379. The van der Waals surface area contributed by atoms with Crippen LogP contribution in [0.25, 0.3) is 0 Å². The lowest BCUT2D eigenvalue weighted by Gasteiger charge is -2.10. The Morgan fingerprint density at radius 1 is 1.59 bits per heavy atom. The normalized spacial score (nSPS) is 18.7. The zero-order valence-electron chi connectivity index (χ0n) is 9.07. The average molecular weight is 251 g/mol. The van der Waals surface area contributed by atoms with Crippen molar-refractivity contribution < 1.29 is 9.53 Å². The highest BCUT2D eigenvalue weighted by atomic mass is 35.5. The molecule has 1 heterocycles. The number of anilines is 1. The van der Waals surface area contributed by atoms with Crippen LogP contribution in [-0.4, -0.2) is 18.6 Å². The summed E-state index contributed by atoms with van der Waals surface area (Å²) >= 11 is 5.80. The van der Waals surface area contributed by atoms with Gasteiger partial charge in [-0.2, -0.15) is 5.26 Å². The SMILES string of the molecule is N#Cc1cc(NC(=O)[C@H]2CCCO2)ccc1Cl. The number of ether oxygens (including phenoxy) is 1. The van der Waals surface area contributed by atoms with E-state index >= 15 is 0 Å². The first kappa shape index (κ1) is 11.9. The molecule has 1 aromatic carbocycles. The van der Waals surface area contributed by atoms with Crippen LogP contribution in [0, 0.1) is 11.3 Å². The molecule has 0 aliphatic carbocycles. The van der Waals surface area contributed by atoms with E-state index in [0.29, 0.717) is 22.9 Å². The molecule has 1 fully saturated rings. The van der Waals surface area contributed by atoms with E-state index in [1.165, 1.54) is 0 Å². The van der Waals surface area contributed by atoms with E-state index < -0.39 is 0 Å². The standard InChI is InChI=1S/C12H11ClN2O2/c13-10-4-3-9(6-8(10)7-14)15-12(16)11-2-1-5-17-11/h3-4,6,11H,1-2,5H2,(H,15,16)/t11-/m1/s1. The minimum Gasteiger partial charge on any atom is -0.368 e. The highest BCUT2D eigenvalue weighted by molar-refractivity contribution is 6.31. The van der Waals surface area contributed by atoms with Crippen molar-refractivity contribution in [3.63, 3.8) is 0 Å². The van der Waals surface area contributed by atoms with E-state index in [1.807, 2.05) is 6.07 Å². The van der Waals surface area contributed by atoms with E-state index in [0.717, 1.165) is 12.8 Å². The van der Waals surface area contributed by atoms with Crippen molar-refractivity contribution in [3.8, 4) is 6.07 Å². The van der Waals surface area contributed by atoms with Crippen LogP contribution in [0.15, 0.2) is 18.2 Å². The summed E-state index contributed by atoms with van der Waals surface area (Å²) < 4.78 is 5.26. The van der Waals surface area contributed by atoms with E-state index in [-0.39, 0.29) is 12.0 Å². The van der Waals surface area contributed by atoms with Crippen molar-refractivity contribution in [1.82, 2.24) is 0 Å². The van der Waals surface area contributed by atoms with Gasteiger partial charge >= 0.3 is 0 Å². The number of carbonyl (C=O) groups is 1. The lowest BCUT2D eigenvalue weighted by molar-refractivity contribution is -0.124.